The Kier molecular flexibility index (Phi) is 6.99. The van der Waals surface area contributed by atoms with Gasteiger partial charge in [0.15, 0.2) is 0 Å². The van der Waals surface area contributed by atoms with Crippen molar-refractivity contribution < 1.29 is 9.53 Å². The molecule has 3 rings (SSSR count). The molecule has 7 heteroatoms. The summed E-state index contributed by atoms with van der Waals surface area (Å²) < 4.78 is 7.15. The van der Waals surface area contributed by atoms with Crippen LogP contribution in [0.15, 0.2) is 42.7 Å². The zero-order valence-electron chi connectivity index (χ0n) is 14.4. The van der Waals surface area contributed by atoms with E-state index in [1.165, 1.54) is 0 Å². The van der Waals surface area contributed by atoms with E-state index in [1.807, 2.05) is 36.5 Å². The highest BCUT2D eigenvalue weighted by Gasteiger charge is 2.32. The van der Waals surface area contributed by atoms with Crippen molar-refractivity contribution in [3.63, 3.8) is 0 Å². The van der Waals surface area contributed by atoms with Gasteiger partial charge >= 0.3 is 0 Å². The Balaban J connectivity index is 0.00000225. The Labute approximate surface area is 154 Å². The molecule has 0 bridgehead atoms. The third kappa shape index (κ3) is 4.81. The lowest BCUT2D eigenvalue weighted by Crippen LogP contribution is -2.47. The smallest absolute Gasteiger partial charge is 0.251 e. The summed E-state index contributed by atoms with van der Waals surface area (Å²) in [5, 5.41) is 10.7. The summed E-state index contributed by atoms with van der Waals surface area (Å²) in [6.45, 7) is 3.23. The molecule has 2 aromatic rings. The van der Waals surface area contributed by atoms with E-state index in [-0.39, 0.29) is 23.7 Å². The van der Waals surface area contributed by atoms with Gasteiger partial charge in [0, 0.05) is 37.0 Å². The van der Waals surface area contributed by atoms with Crippen LogP contribution in [0.4, 0.5) is 0 Å². The van der Waals surface area contributed by atoms with Gasteiger partial charge in [0.25, 0.3) is 5.91 Å². The maximum absolute atomic E-state index is 12.6. The second kappa shape index (κ2) is 8.99. The molecule has 25 heavy (non-hydrogen) atoms. The van der Waals surface area contributed by atoms with Gasteiger partial charge in [-0.1, -0.05) is 6.07 Å². The average Bonchev–Trinajstić information content (AvgIpc) is 3.16. The lowest BCUT2D eigenvalue weighted by molar-refractivity contribution is 0.0512. The first-order chi connectivity index (χ1) is 11.7. The van der Waals surface area contributed by atoms with Crippen LogP contribution in [0.3, 0.4) is 0 Å². The van der Waals surface area contributed by atoms with Gasteiger partial charge in [0.1, 0.15) is 0 Å². The van der Waals surface area contributed by atoms with Crippen LogP contribution in [0.1, 0.15) is 23.2 Å². The van der Waals surface area contributed by atoms with Crippen molar-refractivity contribution in [3.8, 4) is 5.69 Å². The first kappa shape index (κ1) is 19.4. The van der Waals surface area contributed by atoms with E-state index in [9.17, 15) is 4.79 Å². The largest absolute Gasteiger partial charge is 0.384 e. The van der Waals surface area contributed by atoms with E-state index in [2.05, 4.69) is 15.7 Å². The maximum atomic E-state index is 12.6. The first-order valence-corrected chi connectivity index (χ1v) is 8.30. The molecular formula is C18H25ClN4O2. The molecule has 1 saturated heterocycles. The molecule has 0 unspecified atom stereocenters. The number of amides is 1. The monoisotopic (exact) mass is 364 g/mol. The molecule has 1 amide bonds. The summed E-state index contributed by atoms with van der Waals surface area (Å²) in [7, 11) is 1.72. The number of methoxy groups -OCH3 is 1. The predicted molar refractivity (Wildman–Crippen MR) is 99.6 cm³/mol. The number of benzene rings is 1. The Morgan fingerprint density at radius 2 is 2.16 bits per heavy atom. The van der Waals surface area contributed by atoms with Gasteiger partial charge in [-0.15, -0.1) is 12.4 Å². The molecule has 0 saturated carbocycles. The number of halogens is 1. The van der Waals surface area contributed by atoms with E-state index in [0.717, 1.165) is 31.6 Å². The fourth-order valence-corrected chi connectivity index (χ4v) is 3.22. The van der Waals surface area contributed by atoms with Crippen LogP contribution in [0.25, 0.3) is 5.69 Å². The molecule has 2 heterocycles. The fraction of sp³-hybridized carbons (Fsp3) is 0.444. The van der Waals surface area contributed by atoms with Crippen LogP contribution in [0, 0.1) is 5.41 Å². The van der Waals surface area contributed by atoms with Gasteiger partial charge in [0.05, 0.1) is 12.3 Å². The summed E-state index contributed by atoms with van der Waals surface area (Å²) in [6.07, 6.45) is 5.60. The topological polar surface area (TPSA) is 68.2 Å². The van der Waals surface area contributed by atoms with Gasteiger partial charge in [-0.3, -0.25) is 4.79 Å². The van der Waals surface area contributed by atoms with Crippen LogP contribution in [0.2, 0.25) is 0 Å². The second-order valence-corrected chi connectivity index (χ2v) is 6.37. The lowest BCUT2D eigenvalue weighted by Gasteiger charge is -2.37. The fourth-order valence-electron chi connectivity index (χ4n) is 3.22. The first-order valence-electron chi connectivity index (χ1n) is 8.30. The Hall–Kier alpha value is -1.89. The van der Waals surface area contributed by atoms with Crippen molar-refractivity contribution in [1.29, 1.82) is 0 Å². The van der Waals surface area contributed by atoms with Crippen molar-refractivity contribution >= 4 is 18.3 Å². The van der Waals surface area contributed by atoms with Gasteiger partial charge in [-0.05, 0) is 50.2 Å². The quantitative estimate of drug-likeness (QED) is 0.823. The molecule has 1 aromatic carbocycles. The molecule has 1 aliphatic heterocycles. The van der Waals surface area contributed by atoms with Crippen molar-refractivity contribution in [2.45, 2.75) is 12.8 Å². The van der Waals surface area contributed by atoms with Gasteiger partial charge < -0.3 is 15.4 Å². The van der Waals surface area contributed by atoms with Crippen molar-refractivity contribution in [1.82, 2.24) is 20.4 Å². The molecule has 0 spiro atoms. The molecule has 1 aliphatic rings. The standard InChI is InChI=1S/C18H24N4O2.ClH/c1-24-14-18(6-9-19-10-7-18)13-20-17(23)15-4-2-5-16(12-15)22-11-3-8-21-22;/h2-5,8,11-12,19H,6-7,9-10,13-14H2,1H3,(H,20,23);1H. The van der Waals surface area contributed by atoms with Crippen LogP contribution < -0.4 is 10.6 Å². The number of nitrogens with one attached hydrogen (secondary N) is 2. The number of carbonyl (C=O) groups is 1. The highest BCUT2D eigenvalue weighted by atomic mass is 35.5. The van der Waals surface area contributed by atoms with Gasteiger partial charge in [0.2, 0.25) is 0 Å². The predicted octanol–water partition coefficient (Wildman–Crippen LogP) is 2.04. The number of aromatic nitrogens is 2. The Morgan fingerprint density at radius 1 is 1.36 bits per heavy atom. The second-order valence-electron chi connectivity index (χ2n) is 6.37. The molecule has 6 nitrogen and oxygen atoms in total. The van der Waals surface area contributed by atoms with Crippen LogP contribution in [0.5, 0.6) is 0 Å². The minimum absolute atomic E-state index is 0. The number of piperidine rings is 1. The number of ether oxygens (including phenoxy) is 1. The zero-order chi connectivity index (χ0) is 16.8. The molecular weight excluding hydrogens is 340 g/mol. The van der Waals surface area contributed by atoms with Gasteiger partial charge in [-0.2, -0.15) is 5.10 Å². The van der Waals surface area contributed by atoms with E-state index in [4.69, 9.17) is 4.74 Å². The highest BCUT2D eigenvalue weighted by molar-refractivity contribution is 5.94. The Morgan fingerprint density at radius 3 is 2.84 bits per heavy atom. The van der Waals surface area contributed by atoms with Crippen LogP contribution in [-0.4, -0.2) is 49.0 Å². The summed E-state index contributed by atoms with van der Waals surface area (Å²) >= 11 is 0. The Bertz CT molecular complexity index is 664. The molecule has 0 aliphatic carbocycles. The van der Waals surface area contributed by atoms with E-state index in [0.29, 0.717) is 18.7 Å². The number of rotatable bonds is 6. The summed E-state index contributed by atoms with van der Waals surface area (Å²) in [4.78, 5) is 12.6. The SMILES string of the molecule is COCC1(CNC(=O)c2cccc(-n3cccn3)c2)CCNCC1.Cl. The normalized spacial score (nSPS) is 16.0. The van der Waals surface area contributed by atoms with E-state index < -0.39 is 0 Å². The van der Waals surface area contributed by atoms with Crippen molar-refractivity contribution in [2.24, 2.45) is 5.41 Å². The molecule has 1 aromatic heterocycles. The van der Waals surface area contributed by atoms with Crippen LogP contribution >= 0.6 is 12.4 Å². The van der Waals surface area contributed by atoms with E-state index >= 15 is 0 Å². The number of carbonyl (C=O) groups excluding carboxylic acids is 1. The zero-order valence-corrected chi connectivity index (χ0v) is 15.2. The molecule has 0 radical (unpaired) electrons. The van der Waals surface area contributed by atoms with Crippen molar-refractivity contribution in [3.05, 3.63) is 48.3 Å². The molecule has 0 atom stereocenters. The molecule has 136 valence electrons. The van der Waals surface area contributed by atoms with Crippen LogP contribution in [-0.2, 0) is 4.74 Å². The lowest BCUT2D eigenvalue weighted by atomic mass is 9.79. The average molecular weight is 365 g/mol. The van der Waals surface area contributed by atoms with Crippen molar-refractivity contribution in [2.75, 3.05) is 33.4 Å². The number of hydrogen-bond acceptors (Lipinski definition) is 4. The minimum Gasteiger partial charge on any atom is -0.384 e. The summed E-state index contributed by atoms with van der Waals surface area (Å²) in [5.74, 6) is -0.0574. The maximum Gasteiger partial charge on any atom is 0.251 e. The highest BCUT2D eigenvalue weighted by Crippen LogP contribution is 2.28. The molecule has 2 N–H and O–H groups in total. The number of hydrogen-bond donors (Lipinski definition) is 2. The summed E-state index contributed by atoms with van der Waals surface area (Å²) in [6, 6.07) is 9.35. The summed E-state index contributed by atoms with van der Waals surface area (Å²) in [5.41, 5.74) is 1.54. The molecule has 1 fully saturated rings. The van der Waals surface area contributed by atoms with E-state index in [1.54, 1.807) is 18.0 Å². The number of nitrogens with zero attached hydrogens (tertiary/aromatic N) is 2. The third-order valence-corrected chi connectivity index (χ3v) is 4.62. The third-order valence-electron chi connectivity index (χ3n) is 4.62. The minimum atomic E-state index is -0.0574. The van der Waals surface area contributed by atoms with Gasteiger partial charge in [-0.25, -0.2) is 4.68 Å².